The molecule has 5 rings (SSSR count). The van der Waals surface area contributed by atoms with E-state index >= 15 is 0 Å². The number of sulfonamides is 1. The maximum absolute atomic E-state index is 13.5. The van der Waals surface area contributed by atoms with Crippen LogP contribution in [0.1, 0.15) is 65.7 Å². The molecule has 2 aliphatic heterocycles. The van der Waals surface area contributed by atoms with Gasteiger partial charge in [0.15, 0.2) is 0 Å². The van der Waals surface area contributed by atoms with E-state index in [2.05, 4.69) is 0 Å². The summed E-state index contributed by atoms with van der Waals surface area (Å²) in [6.07, 6.45) is 5.76. The molecule has 4 aliphatic rings. The van der Waals surface area contributed by atoms with Crippen molar-refractivity contribution in [2.45, 2.75) is 68.0 Å². The lowest BCUT2D eigenvalue weighted by Gasteiger charge is -2.33. The summed E-state index contributed by atoms with van der Waals surface area (Å²) in [4.78, 5) is 40.0. The van der Waals surface area contributed by atoms with Crippen molar-refractivity contribution in [1.29, 1.82) is 0 Å². The molecule has 8 nitrogen and oxygen atoms in total. The Bertz CT molecular complexity index is 1050. The van der Waals surface area contributed by atoms with E-state index in [0.29, 0.717) is 19.3 Å². The van der Waals surface area contributed by atoms with Crippen LogP contribution in [0.25, 0.3) is 0 Å². The minimum absolute atomic E-state index is 0.0511. The minimum atomic E-state index is -3.95. The number of amides is 2. The molecule has 1 aromatic rings. The van der Waals surface area contributed by atoms with Gasteiger partial charge in [0.25, 0.3) is 21.8 Å². The number of fused-ring (bicyclic) bond motifs is 2. The lowest BCUT2D eigenvalue weighted by atomic mass is 9.84. The molecule has 3 unspecified atom stereocenters. The number of methoxy groups -OCH3 is 1. The molecule has 2 saturated carbocycles. The van der Waals surface area contributed by atoms with E-state index in [-0.39, 0.29) is 39.9 Å². The Morgan fingerprint density at radius 1 is 1.10 bits per heavy atom. The third kappa shape index (κ3) is 2.78. The Kier molecular flexibility index (Phi) is 4.43. The van der Waals surface area contributed by atoms with Gasteiger partial charge in [-0.05, 0) is 56.2 Å². The number of esters is 1. The summed E-state index contributed by atoms with van der Waals surface area (Å²) < 4.78 is 31.7. The van der Waals surface area contributed by atoms with Crippen molar-refractivity contribution in [3.05, 3.63) is 29.3 Å². The van der Waals surface area contributed by atoms with Crippen molar-refractivity contribution in [2.24, 2.45) is 5.92 Å². The summed E-state index contributed by atoms with van der Waals surface area (Å²) in [7, 11) is -2.64. The van der Waals surface area contributed by atoms with Gasteiger partial charge in [-0.3, -0.25) is 9.59 Å². The van der Waals surface area contributed by atoms with Gasteiger partial charge in [-0.2, -0.15) is 0 Å². The lowest BCUT2D eigenvalue weighted by Crippen LogP contribution is -2.46. The molecular formula is C21H24N2O6S. The number of nitrogens with zero attached hydrogens (tertiary/aromatic N) is 2. The smallest absolute Gasteiger partial charge is 0.328 e. The molecule has 1 aromatic carbocycles. The van der Waals surface area contributed by atoms with Gasteiger partial charge in [0.05, 0.1) is 12.7 Å². The molecular weight excluding hydrogens is 408 g/mol. The second-order valence-electron chi connectivity index (χ2n) is 8.65. The van der Waals surface area contributed by atoms with Crippen LogP contribution < -0.4 is 0 Å². The van der Waals surface area contributed by atoms with Crippen molar-refractivity contribution in [3.63, 3.8) is 0 Å². The molecule has 0 spiro atoms. The number of hydrogen-bond acceptors (Lipinski definition) is 6. The van der Waals surface area contributed by atoms with Crippen LogP contribution >= 0.6 is 0 Å². The number of carbonyl (C=O) groups excluding carboxylic acids is 3. The molecule has 0 bridgehead atoms. The van der Waals surface area contributed by atoms with E-state index in [1.807, 2.05) is 0 Å². The van der Waals surface area contributed by atoms with Crippen molar-refractivity contribution in [2.75, 3.05) is 7.11 Å². The van der Waals surface area contributed by atoms with Crippen molar-refractivity contribution < 1.29 is 27.5 Å². The Labute approximate surface area is 175 Å². The van der Waals surface area contributed by atoms with Gasteiger partial charge >= 0.3 is 5.97 Å². The molecule has 0 radical (unpaired) electrons. The first-order valence-corrected chi connectivity index (χ1v) is 11.9. The Balaban J connectivity index is 1.52. The number of carbonyl (C=O) groups is 3. The SMILES string of the molecule is COC(=O)C1CC2CCCCC2N1C(=O)c1ccc2c(c1)S(=O)(=O)N(C1CC1)C2=O. The lowest BCUT2D eigenvalue weighted by molar-refractivity contribution is -0.145. The summed E-state index contributed by atoms with van der Waals surface area (Å²) in [6, 6.07) is 3.23. The molecule has 1 saturated heterocycles. The highest BCUT2D eigenvalue weighted by Crippen LogP contribution is 2.42. The standard InChI is InChI=1S/C21H24N2O6S/c1-29-21(26)17-10-12-4-2-3-5-16(12)22(17)19(24)13-6-9-15-18(11-13)30(27,28)23(20(15)25)14-7-8-14/h6,9,11-12,14,16-17H,2-5,7-8,10H2,1H3. The average molecular weight is 432 g/mol. The molecule has 3 atom stereocenters. The van der Waals surface area contributed by atoms with Crippen molar-refractivity contribution in [3.8, 4) is 0 Å². The fraction of sp³-hybridized carbons (Fsp3) is 0.571. The quantitative estimate of drug-likeness (QED) is 0.677. The second kappa shape index (κ2) is 6.80. The fourth-order valence-electron chi connectivity index (χ4n) is 5.30. The van der Waals surface area contributed by atoms with E-state index in [4.69, 9.17) is 4.74 Å². The molecule has 2 aliphatic carbocycles. The zero-order valence-corrected chi connectivity index (χ0v) is 17.6. The van der Waals surface area contributed by atoms with E-state index in [1.165, 1.54) is 25.3 Å². The van der Waals surface area contributed by atoms with Gasteiger partial charge in [0, 0.05) is 17.6 Å². The van der Waals surface area contributed by atoms with Gasteiger partial charge in [-0.25, -0.2) is 17.5 Å². The highest BCUT2D eigenvalue weighted by molar-refractivity contribution is 7.90. The molecule has 3 fully saturated rings. The molecule has 2 amide bonds. The fourth-order valence-corrected chi connectivity index (χ4v) is 7.14. The predicted molar refractivity (Wildman–Crippen MR) is 105 cm³/mol. The van der Waals surface area contributed by atoms with Crippen molar-refractivity contribution in [1.82, 2.24) is 9.21 Å². The zero-order chi connectivity index (χ0) is 21.2. The summed E-state index contributed by atoms with van der Waals surface area (Å²) >= 11 is 0. The summed E-state index contributed by atoms with van der Waals surface area (Å²) in [5, 5.41) is 0. The van der Waals surface area contributed by atoms with Gasteiger partial charge in [0.1, 0.15) is 10.9 Å². The van der Waals surface area contributed by atoms with Crippen LogP contribution in [0.4, 0.5) is 0 Å². The predicted octanol–water partition coefficient (Wildman–Crippen LogP) is 1.94. The van der Waals surface area contributed by atoms with Crippen LogP contribution in [-0.4, -0.2) is 60.6 Å². The van der Waals surface area contributed by atoms with Crippen LogP contribution in [0.15, 0.2) is 23.1 Å². The van der Waals surface area contributed by atoms with Gasteiger partial charge < -0.3 is 9.64 Å². The van der Waals surface area contributed by atoms with E-state index in [1.54, 1.807) is 4.90 Å². The van der Waals surface area contributed by atoms with Crippen LogP contribution in [0.2, 0.25) is 0 Å². The van der Waals surface area contributed by atoms with Gasteiger partial charge in [-0.1, -0.05) is 12.8 Å². The number of ether oxygens (including phenoxy) is 1. The van der Waals surface area contributed by atoms with E-state index in [9.17, 15) is 22.8 Å². The Hall–Kier alpha value is -2.42. The Morgan fingerprint density at radius 3 is 2.53 bits per heavy atom. The first-order chi connectivity index (χ1) is 14.3. The zero-order valence-electron chi connectivity index (χ0n) is 16.7. The van der Waals surface area contributed by atoms with E-state index in [0.717, 1.165) is 30.0 Å². The van der Waals surface area contributed by atoms with E-state index < -0.39 is 27.9 Å². The Morgan fingerprint density at radius 2 is 1.83 bits per heavy atom. The maximum Gasteiger partial charge on any atom is 0.328 e. The maximum atomic E-state index is 13.5. The normalized spacial score (nSPS) is 29.5. The summed E-state index contributed by atoms with van der Waals surface area (Å²) in [5.41, 5.74) is 0.294. The van der Waals surface area contributed by atoms with Crippen LogP contribution in [-0.2, 0) is 19.6 Å². The van der Waals surface area contributed by atoms with Crippen molar-refractivity contribution >= 4 is 27.8 Å². The summed E-state index contributed by atoms with van der Waals surface area (Å²) in [6.45, 7) is 0. The van der Waals surface area contributed by atoms with Gasteiger partial charge in [0.2, 0.25) is 0 Å². The molecule has 160 valence electrons. The number of rotatable bonds is 3. The molecule has 9 heteroatoms. The largest absolute Gasteiger partial charge is 0.467 e. The minimum Gasteiger partial charge on any atom is -0.467 e. The first kappa shape index (κ1) is 19.5. The summed E-state index contributed by atoms with van der Waals surface area (Å²) in [5.74, 6) is -1.10. The number of hydrogen-bond donors (Lipinski definition) is 0. The topological polar surface area (TPSA) is 101 Å². The highest BCUT2D eigenvalue weighted by Gasteiger charge is 2.50. The van der Waals surface area contributed by atoms with Gasteiger partial charge in [-0.15, -0.1) is 0 Å². The number of likely N-dealkylation sites (tertiary alicyclic amines) is 1. The third-order valence-corrected chi connectivity index (χ3v) is 8.75. The number of benzene rings is 1. The second-order valence-corrected chi connectivity index (χ2v) is 10.4. The van der Waals surface area contributed by atoms with Crippen LogP contribution in [0.3, 0.4) is 0 Å². The third-order valence-electron chi connectivity index (χ3n) is 6.87. The van der Waals surface area contributed by atoms with Crippen LogP contribution in [0, 0.1) is 5.92 Å². The molecule has 30 heavy (non-hydrogen) atoms. The monoisotopic (exact) mass is 432 g/mol. The molecule has 2 heterocycles. The van der Waals surface area contributed by atoms with Crippen LogP contribution in [0.5, 0.6) is 0 Å². The molecule has 0 aromatic heterocycles. The first-order valence-electron chi connectivity index (χ1n) is 10.5. The molecule has 0 N–H and O–H groups in total. The average Bonchev–Trinajstić information content (AvgIpc) is 3.45. The highest BCUT2D eigenvalue weighted by atomic mass is 32.2.